The van der Waals surface area contributed by atoms with Crippen LogP contribution < -0.4 is 5.56 Å². The molecule has 4 heterocycles. The number of carbonyl (C=O) groups excluding carboxylic acids is 2. The summed E-state index contributed by atoms with van der Waals surface area (Å²) in [4.78, 5) is 85.0. The van der Waals surface area contributed by atoms with Crippen molar-refractivity contribution in [2.24, 2.45) is 5.16 Å². The number of aryl methyl sites for hydroxylation is 1. The molecule has 2 atom stereocenters. The van der Waals surface area contributed by atoms with Crippen molar-refractivity contribution in [1.82, 2.24) is 9.55 Å². The normalized spacial score (nSPS) is 17.4. The van der Waals surface area contributed by atoms with Gasteiger partial charge in [0, 0.05) is 51.4 Å². The van der Waals surface area contributed by atoms with Crippen molar-refractivity contribution in [2.75, 3.05) is 0 Å². The Bertz CT molecular complexity index is 2720. The third kappa shape index (κ3) is 5.20. The highest BCUT2D eigenvalue weighted by molar-refractivity contribution is 6.26. The number of hydrogen-bond acceptors (Lipinski definition) is 14. The second kappa shape index (κ2) is 12.4. The Morgan fingerprint density at radius 3 is 2.36 bits per heavy atom. The van der Waals surface area contributed by atoms with Crippen LogP contribution in [0.2, 0.25) is 0 Å². The molecule has 3 aromatic carbocycles. The van der Waals surface area contributed by atoms with Crippen molar-refractivity contribution in [3.05, 3.63) is 135 Å². The monoisotopic (exact) mass is 746 g/mol. The minimum atomic E-state index is -2.09. The summed E-state index contributed by atoms with van der Waals surface area (Å²) in [5, 5.41) is 40.6. The molecule has 5 aromatic rings. The number of esters is 2. The molecule has 0 radical (unpaired) electrons. The molecule has 18 nitrogen and oxygen atoms in total. The average molecular weight is 747 g/mol. The lowest BCUT2D eigenvalue weighted by Gasteiger charge is -2.36. The number of benzene rings is 3. The van der Waals surface area contributed by atoms with E-state index < -0.39 is 61.0 Å². The Labute approximate surface area is 308 Å². The van der Waals surface area contributed by atoms with Crippen LogP contribution in [0.1, 0.15) is 53.6 Å². The van der Waals surface area contributed by atoms with Gasteiger partial charge < -0.3 is 18.9 Å². The maximum Gasteiger partial charge on any atom is 0.355 e. The number of nitro benzene ring substituents is 3. The van der Waals surface area contributed by atoms with Gasteiger partial charge in [-0.05, 0) is 44.0 Å². The summed E-state index contributed by atoms with van der Waals surface area (Å²) in [5.74, 6) is -2.05. The summed E-state index contributed by atoms with van der Waals surface area (Å²) < 4.78 is 12.8. The van der Waals surface area contributed by atoms with E-state index in [9.17, 15) is 44.7 Å². The number of non-ortho nitro benzene ring substituents is 2. The Balaban J connectivity index is 1.18. The molecule has 2 aromatic heterocycles. The van der Waals surface area contributed by atoms with Gasteiger partial charge >= 0.3 is 11.9 Å². The molecular formula is C37H26N6O12. The number of fused-ring (bicyclic) bond motifs is 8. The van der Waals surface area contributed by atoms with Gasteiger partial charge in [-0.1, -0.05) is 30.3 Å². The van der Waals surface area contributed by atoms with E-state index in [4.69, 9.17) is 19.3 Å². The lowest BCUT2D eigenvalue weighted by atomic mass is 9.85. The summed E-state index contributed by atoms with van der Waals surface area (Å²) in [7, 11) is 0. The van der Waals surface area contributed by atoms with Crippen LogP contribution in [0.15, 0.2) is 70.6 Å². The van der Waals surface area contributed by atoms with E-state index in [0.717, 1.165) is 29.1 Å². The summed E-state index contributed by atoms with van der Waals surface area (Å²) in [6, 6.07) is 15.1. The lowest BCUT2D eigenvalue weighted by molar-refractivity contribution is -0.393. The Morgan fingerprint density at radius 2 is 1.67 bits per heavy atom. The van der Waals surface area contributed by atoms with E-state index in [2.05, 4.69) is 5.16 Å². The summed E-state index contributed by atoms with van der Waals surface area (Å²) >= 11 is 0. The highest BCUT2D eigenvalue weighted by atomic mass is 16.7. The first-order valence-electron chi connectivity index (χ1n) is 16.8. The predicted molar refractivity (Wildman–Crippen MR) is 191 cm³/mol. The highest BCUT2D eigenvalue weighted by Gasteiger charge is 2.51. The first kappa shape index (κ1) is 34.7. The molecule has 0 N–H and O–H groups in total. The molecule has 1 aliphatic carbocycles. The fourth-order valence-corrected chi connectivity index (χ4v) is 7.46. The van der Waals surface area contributed by atoms with E-state index in [1.54, 1.807) is 13.0 Å². The number of nitrogens with zero attached hydrogens (tertiary/aromatic N) is 6. The molecule has 55 heavy (non-hydrogen) atoms. The topological polar surface area (TPSA) is 238 Å². The van der Waals surface area contributed by atoms with Gasteiger partial charge in [-0.3, -0.25) is 35.1 Å². The van der Waals surface area contributed by atoms with Gasteiger partial charge in [0.2, 0.25) is 11.7 Å². The summed E-state index contributed by atoms with van der Waals surface area (Å²) in [6.45, 7) is 4.16. The first-order valence-corrected chi connectivity index (χ1v) is 16.8. The van der Waals surface area contributed by atoms with Gasteiger partial charge in [0.05, 0.1) is 55.4 Å². The maximum absolute atomic E-state index is 13.9. The van der Waals surface area contributed by atoms with E-state index in [-0.39, 0.29) is 64.2 Å². The number of hydrogen-bond donors (Lipinski definition) is 0. The third-order valence-corrected chi connectivity index (χ3v) is 10.1. The van der Waals surface area contributed by atoms with E-state index in [1.807, 2.05) is 30.3 Å². The number of pyridine rings is 2. The number of para-hydroxylation sites is 1. The Hall–Kier alpha value is -7.37. The van der Waals surface area contributed by atoms with Crippen LogP contribution in [-0.4, -0.2) is 48.1 Å². The molecule has 0 spiro atoms. The Kier molecular flexibility index (Phi) is 7.80. The van der Waals surface area contributed by atoms with Crippen molar-refractivity contribution in [1.29, 1.82) is 0 Å². The molecule has 0 amide bonds. The third-order valence-electron chi connectivity index (χ3n) is 10.1. The van der Waals surface area contributed by atoms with Crippen LogP contribution in [-0.2, 0) is 42.7 Å². The molecule has 0 unspecified atom stereocenters. The lowest BCUT2D eigenvalue weighted by Crippen LogP contribution is -2.48. The van der Waals surface area contributed by atoms with Crippen LogP contribution in [0.5, 0.6) is 0 Å². The van der Waals surface area contributed by atoms with Crippen molar-refractivity contribution < 1.29 is 38.7 Å². The van der Waals surface area contributed by atoms with E-state index in [1.165, 1.54) is 24.5 Å². The number of rotatable bonds is 8. The number of aromatic nitrogens is 2. The van der Waals surface area contributed by atoms with Crippen LogP contribution >= 0.6 is 0 Å². The summed E-state index contributed by atoms with van der Waals surface area (Å²) in [6.07, 6.45) is -1.75. The molecular weight excluding hydrogens is 720 g/mol. The van der Waals surface area contributed by atoms with Crippen molar-refractivity contribution in [3.8, 4) is 22.5 Å². The SMILES string of the molecule is CC[C@@]1(OC(=O)[C@H](C)O/N=C2\c3cc([N+](=O)[O-])cc(C)c3-c3c2cc([N+](=O)[O-])cc3[N+](=O)[O-])C(=O)OCc2c1cc1n(c2=O)Cc2cc3ccccc3nc2-1. The van der Waals surface area contributed by atoms with Crippen molar-refractivity contribution in [2.45, 2.75) is 52.0 Å². The average Bonchev–Trinajstić information content (AvgIpc) is 3.68. The zero-order valence-electron chi connectivity index (χ0n) is 29.1. The smallest absolute Gasteiger partial charge is 0.355 e. The minimum absolute atomic E-state index is 0.00307. The number of oxime groups is 1. The minimum Gasteiger partial charge on any atom is -0.457 e. The van der Waals surface area contributed by atoms with E-state index >= 15 is 0 Å². The molecule has 0 saturated carbocycles. The van der Waals surface area contributed by atoms with Gasteiger partial charge in [-0.25, -0.2) is 14.6 Å². The first-order chi connectivity index (χ1) is 26.2. The largest absolute Gasteiger partial charge is 0.457 e. The maximum atomic E-state index is 13.9. The number of carbonyl (C=O) groups is 2. The van der Waals surface area contributed by atoms with Crippen molar-refractivity contribution >= 4 is 45.6 Å². The summed E-state index contributed by atoms with van der Waals surface area (Å²) in [5.41, 5.74) is -1.61. The Morgan fingerprint density at radius 1 is 0.982 bits per heavy atom. The number of ether oxygens (including phenoxy) is 2. The quantitative estimate of drug-likeness (QED) is 0.106. The second-order valence-electron chi connectivity index (χ2n) is 13.2. The van der Waals surface area contributed by atoms with Crippen LogP contribution in [0.4, 0.5) is 17.1 Å². The fourth-order valence-electron chi connectivity index (χ4n) is 7.46. The standard InChI is InChI=1S/C37H26N6O12/c1-4-37(26-14-29-32-20(10-19-7-5-6-8-27(19)38-32)15-40(29)34(44)25(26)16-53-36(37)46)54-35(45)18(3)55-39-33-23-11-21(41(47)48)9-17(2)30(23)31-24(33)12-22(42(49)50)13-28(31)43(51)52/h5-14,18H,4,15-16H2,1-3H3/b39-33+/t18-,37-/m0/s1. The predicted octanol–water partition coefficient (Wildman–Crippen LogP) is 5.50. The fraction of sp³-hybridized carbons (Fsp3) is 0.216. The molecule has 8 rings (SSSR count). The molecule has 2 aliphatic heterocycles. The van der Waals surface area contributed by atoms with Gasteiger partial charge in [-0.15, -0.1) is 0 Å². The van der Waals surface area contributed by atoms with E-state index in [0.29, 0.717) is 16.9 Å². The molecule has 3 aliphatic rings. The zero-order valence-corrected chi connectivity index (χ0v) is 29.1. The molecule has 276 valence electrons. The van der Waals surface area contributed by atoms with Crippen LogP contribution in [0, 0.1) is 37.3 Å². The van der Waals surface area contributed by atoms with Gasteiger partial charge in [0.25, 0.3) is 22.6 Å². The number of nitro groups is 3. The number of cyclic esters (lactones) is 1. The van der Waals surface area contributed by atoms with Crippen molar-refractivity contribution in [3.63, 3.8) is 0 Å². The van der Waals surface area contributed by atoms with Gasteiger partial charge in [0.1, 0.15) is 12.3 Å². The molecule has 0 fully saturated rings. The van der Waals surface area contributed by atoms with Crippen LogP contribution in [0.25, 0.3) is 33.4 Å². The highest BCUT2D eigenvalue weighted by Crippen LogP contribution is 2.48. The molecule has 18 heteroatoms. The zero-order chi connectivity index (χ0) is 39.1. The van der Waals surface area contributed by atoms with Crippen LogP contribution in [0.3, 0.4) is 0 Å². The molecule has 0 bridgehead atoms. The second-order valence-corrected chi connectivity index (χ2v) is 13.2. The van der Waals surface area contributed by atoms with Gasteiger partial charge in [-0.2, -0.15) is 0 Å². The molecule has 0 saturated heterocycles. The van der Waals surface area contributed by atoms with Gasteiger partial charge in [0.15, 0.2) is 0 Å².